The molecule has 1 aliphatic rings. The molecule has 13 heavy (non-hydrogen) atoms. The van der Waals surface area contributed by atoms with Gasteiger partial charge < -0.3 is 0 Å². The van der Waals surface area contributed by atoms with E-state index in [1.54, 1.807) is 6.92 Å². The van der Waals surface area contributed by atoms with Crippen LogP contribution >= 0.6 is 0 Å². The van der Waals surface area contributed by atoms with E-state index in [1.165, 1.54) is 0 Å². The van der Waals surface area contributed by atoms with Gasteiger partial charge in [0.25, 0.3) is 0 Å². The second kappa shape index (κ2) is 3.68. The zero-order chi connectivity index (χ0) is 10.0. The normalized spacial score (nSPS) is 22.6. The van der Waals surface area contributed by atoms with Gasteiger partial charge in [0, 0.05) is 18.8 Å². The molecule has 0 bridgehead atoms. The van der Waals surface area contributed by atoms with Gasteiger partial charge in [0.05, 0.1) is 0 Å². The molecule has 3 amide bonds. The maximum atomic E-state index is 11.3. The lowest BCUT2D eigenvalue weighted by molar-refractivity contribution is -0.149. The van der Waals surface area contributed by atoms with Gasteiger partial charge in [0.1, 0.15) is 0 Å². The van der Waals surface area contributed by atoms with Crippen molar-refractivity contribution in [2.24, 2.45) is 5.92 Å². The zero-order valence-corrected chi connectivity index (χ0v) is 7.87. The van der Waals surface area contributed by atoms with Crippen molar-refractivity contribution < 1.29 is 14.4 Å². The first kappa shape index (κ1) is 9.89. The minimum atomic E-state index is -0.359. The van der Waals surface area contributed by atoms with Gasteiger partial charge in [0.15, 0.2) is 0 Å². The fourth-order valence-electron chi connectivity index (χ4n) is 1.37. The summed E-state index contributed by atoms with van der Waals surface area (Å²) in [5, 5.41) is 0. The smallest absolute Gasteiger partial charge is 0.239 e. The molecule has 72 valence electrons. The van der Waals surface area contributed by atoms with E-state index >= 15 is 0 Å². The molecular formula is C9H13NO3. The fraction of sp³-hybridized carbons (Fsp3) is 0.667. The van der Waals surface area contributed by atoms with Crippen LogP contribution in [0.1, 0.15) is 33.1 Å². The maximum Gasteiger partial charge on any atom is 0.239 e. The lowest BCUT2D eigenvalue weighted by Gasteiger charge is -2.10. The van der Waals surface area contributed by atoms with Crippen molar-refractivity contribution in [1.29, 1.82) is 0 Å². The monoisotopic (exact) mass is 183 g/mol. The van der Waals surface area contributed by atoms with E-state index in [0.717, 1.165) is 4.90 Å². The van der Waals surface area contributed by atoms with Crippen molar-refractivity contribution in [1.82, 2.24) is 4.90 Å². The summed E-state index contributed by atoms with van der Waals surface area (Å²) in [4.78, 5) is 34.6. The first-order valence-corrected chi connectivity index (χ1v) is 4.47. The molecule has 4 heteroatoms. The molecule has 0 N–H and O–H groups in total. The molecule has 1 rings (SSSR count). The Morgan fingerprint density at radius 1 is 1.54 bits per heavy atom. The lowest BCUT2D eigenvalue weighted by atomic mass is 10.1. The average Bonchev–Trinajstić information content (AvgIpc) is 2.27. The quantitative estimate of drug-likeness (QED) is 0.592. The highest BCUT2D eigenvalue weighted by Crippen LogP contribution is 2.19. The van der Waals surface area contributed by atoms with Crippen molar-refractivity contribution in [2.45, 2.75) is 33.1 Å². The van der Waals surface area contributed by atoms with Crippen molar-refractivity contribution in [3.05, 3.63) is 0 Å². The Morgan fingerprint density at radius 3 is 2.54 bits per heavy atom. The largest absolute Gasteiger partial charge is 0.274 e. The summed E-state index contributed by atoms with van der Waals surface area (Å²) in [5.74, 6) is -1.38. The highest BCUT2D eigenvalue weighted by molar-refractivity contribution is 6.15. The third-order valence-electron chi connectivity index (χ3n) is 2.09. The molecule has 0 aromatic heterocycles. The highest BCUT2D eigenvalue weighted by Gasteiger charge is 2.39. The van der Waals surface area contributed by atoms with E-state index in [4.69, 9.17) is 0 Å². The molecule has 1 aliphatic heterocycles. The predicted molar refractivity (Wildman–Crippen MR) is 45.5 cm³/mol. The number of hydrogen-bond donors (Lipinski definition) is 0. The number of likely N-dealkylation sites (tertiary alicyclic amines) is 1. The Hall–Kier alpha value is -1.19. The molecule has 0 aromatic carbocycles. The van der Waals surface area contributed by atoms with Crippen LogP contribution in [0.4, 0.5) is 0 Å². The number of nitrogens with zero attached hydrogens (tertiary/aromatic N) is 1. The van der Waals surface area contributed by atoms with E-state index in [0.29, 0.717) is 6.42 Å². The SMILES string of the molecule is CCCC(=O)N1C(=O)CC(C)C1=O. The van der Waals surface area contributed by atoms with Crippen LogP contribution in [0.2, 0.25) is 0 Å². The summed E-state index contributed by atoms with van der Waals surface area (Å²) in [5.41, 5.74) is 0. The van der Waals surface area contributed by atoms with Gasteiger partial charge in [-0.15, -0.1) is 0 Å². The number of hydrogen-bond acceptors (Lipinski definition) is 3. The van der Waals surface area contributed by atoms with Crippen LogP contribution in [0.25, 0.3) is 0 Å². The summed E-state index contributed by atoms with van der Waals surface area (Å²) in [7, 11) is 0. The van der Waals surface area contributed by atoms with Gasteiger partial charge in [-0.25, -0.2) is 4.90 Å². The van der Waals surface area contributed by atoms with Crippen LogP contribution in [0, 0.1) is 5.92 Å². The topological polar surface area (TPSA) is 54.5 Å². The molecule has 0 aromatic rings. The van der Waals surface area contributed by atoms with Crippen LogP contribution in [-0.4, -0.2) is 22.6 Å². The summed E-state index contributed by atoms with van der Waals surface area (Å²) >= 11 is 0. The molecule has 4 nitrogen and oxygen atoms in total. The molecule has 1 unspecified atom stereocenters. The molecule has 1 saturated heterocycles. The Labute approximate surface area is 76.9 Å². The van der Waals surface area contributed by atoms with Crippen LogP contribution < -0.4 is 0 Å². The number of imide groups is 3. The Bertz CT molecular complexity index is 260. The summed E-state index contributed by atoms with van der Waals surface area (Å²) in [6.45, 7) is 3.51. The first-order valence-electron chi connectivity index (χ1n) is 4.47. The molecular weight excluding hydrogens is 170 g/mol. The molecule has 0 spiro atoms. The number of carbonyl (C=O) groups excluding carboxylic acids is 3. The number of carbonyl (C=O) groups is 3. The molecule has 0 aliphatic carbocycles. The van der Waals surface area contributed by atoms with Gasteiger partial charge in [-0.2, -0.15) is 0 Å². The molecule has 1 fully saturated rings. The maximum absolute atomic E-state index is 11.3. The van der Waals surface area contributed by atoms with Crippen LogP contribution in [0.3, 0.4) is 0 Å². The third-order valence-corrected chi connectivity index (χ3v) is 2.09. The van der Waals surface area contributed by atoms with E-state index in [9.17, 15) is 14.4 Å². The van der Waals surface area contributed by atoms with Crippen LogP contribution in [-0.2, 0) is 14.4 Å². The molecule has 0 saturated carbocycles. The van der Waals surface area contributed by atoms with Crippen molar-refractivity contribution in [3.63, 3.8) is 0 Å². The highest BCUT2D eigenvalue weighted by atomic mass is 16.2. The van der Waals surface area contributed by atoms with Crippen molar-refractivity contribution in [2.75, 3.05) is 0 Å². The first-order chi connectivity index (χ1) is 6.07. The van der Waals surface area contributed by atoms with Gasteiger partial charge in [-0.3, -0.25) is 14.4 Å². The summed E-state index contributed by atoms with van der Waals surface area (Å²) in [6, 6.07) is 0. The van der Waals surface area contributed by atoms with E-state index in [2.05, 4.69) is 0 Å². The Balaban J connectivity index is 2.74. The fourth-order valence-corrected chi connectivity index (χ4v) is 1.37. The second-order valence-electron chi connectivity index (χ2n) is 3.32. The van der Waals surface area contributed by atoms with E-state index < -0.39 is 0 Å². The van der Waals surface area contributed by atoms with Crippen molar-refractivity contribution in [3.8, 4) is 0 Å². The van der Waals surface area contributed by atoms with Gasteiger partial charge >= 0.3 is 0 Å². The van der Waals surface area contributed by atoms with Crippen LogP contribution in [0.15, 0.2) is 0 Å². The van der Waals surface area contributed by atoms with Crippen LogP contribution in [0.5, 0.6) is 0 Å². The number of amides is 3. The second-order valence-corrected chi connectivity index (χ2v) is 3.32. The molecule has 1 heterocycles. The minimum Gasteiger partial charge on any atom is -0.274 e. The van der Waals surface area contributed by atoms with Crippen molar-refractivity contribution >= 4 is 17.7 Å². The average molecular weight is 183 g/mol. The van der Waals surface area contributed by atoms with E-state index in [1.807, 2.05) is 6.92 Å². The molecule has 1 atom stereocenters. The third kappa shape index (κ3) is 1.76. The molecule has 0 radical (unpaired) electrons. The summed E-state index contributed by atoms with van der Waals surface area (Å²) in [6.07, 6.45) is 1.10. The number of rotatable bonds is 2. The van der Waals surface area contributed by atoms with Gasteiger partial charge in [-0.05, 0) is 6.42 Å². The minimum absolute atomic E-state index is 0.175. The standard InChI is InChI=1S/C9H13NO3/c1-3-4-7(11)10-8(12)5-6(2)9(10)13/h6H,3-5H2,1-2H3. The predicted octanol–water partition coefficient (Wildman–Crippen LogP) is 0.708. The summed E-state index contributed by atoms with van der Waals surface area (Å²) < 4.78 is 0. The Morgan fingerprint density at radius 2 is 2.15 bits per heavy atom. The Kier molecular flexibility index (Phi) is 2.80. The zero-order valence-electron chi connectivity index (χ0n) is 7.87. The van der Waals surface area contributed by atoms with Gasteiger partial charge in [-0.1, -0.05) is 13.8 Å². The van der Waals surface area contributed by atoms with Gasteiger partial charge in [0.2, 0.25) is 17.7 Å². The van der Waals surface area contributed by atoms with E-state index in [-0.39, 0.29) is 36.5 Å². The lowest BCUT2D eigenvalue weighted by Crippen LogP contribution is -2.36.